The Morgan fingerprint density at radius 2 is 1.81 bits per heavy atom. The first-order chi connectivity index (χ1) is 15.6. The lowest BCUT2D eigenvalue weighted by atomic mass is 10.1. The fourth-order valence-electron chi connectivity index (χ4n) is 2.85. The minimum Gasteiger partial charge on any atom is -0.465 e. The van der Waals surface area contributed by atoms with Crippen molar-refractivity contribution < 1.29 is 14.3 Å². The fraction of sp³-hybridized carbons (Fsp3) is 0.0417. The highest BCUT2D eigenvalue weighted by Crippen LogP contribution is 2.23. The largest absolute Gasteiger partial charge is 0.465 e. The summed E-state index contributed by atoms with van der Waals surface area (Å²) in [5, 5.41) is 9.01. The predicted molar refractivity (Wildman–Crippen MR) is 118 cm³/mol. The van der Waals surface area contributed by atoms with Crippen molar-refractivity contribution in [1.29, 1.82) is 0 Å². The number of pyridine rings is 2. The van der Waals surface area contributed by atoms with Gasteiger partial charge in [0.2, 0.25) is 0 Å². The first-order valence-corrected chi connectivity index (χ1v) is 9.56. The zero-order valence-electron chi connectivity index (χ0n) is 17.0. The Kier molecular flexibility index (Phi) is 6.00. The smallest absolute Gasteiger partial charge is 0.338 e. The summed E-state index contributed by atoms with van der Waals surface area (Å²) in [4.78, 5) is 33.0. The number of benzene rings is 1. The lowest BCUT2D eigenvalue weighted by molar-refractivity contribution is 0.0600. The number of nitrogens with one attached hydrogen (secondary N) is 2. The Bertz CT molecular complexity index is 1310. The lowest BCUT2D eigenvalue weighted by Gasteiger charge is -2.09. The number of carbonyl (C=O) groups excluding carboxylic acids is 2. The molecule has 3 aromatic heterocycles. The summed E-state index contributed by atoms with van der Waals surface area (Å²) in [6.45, 7) is 0. The topological polar surface area (TPSA) is 110 Å². The van der Waals surface area contributed by atoms with Gasteiger partial charge in [0, 0.05) is 35.3 Å². The first-order valence-electron chi connectivity index (χ1n) is 9.56. The molecule has 0 aliphatic carbocycles. The van der Waals surface area contributed by atoms with Crippen LogP contribution in [0.1, 0.15) is 32.0 Å². The number of amides is 1. The molecule has 0 bridgehead atoms. The van der Waals surface area contributed by atoms with E-state index in [4.69, 9.17) is 4.74 Å². The number of methoxy groups -OCH3 is 1. The summed E-state index contributed by atoms with van der Waals surface area (Å²) in [5.74, 6) is 5.38. The summed E-state index contributed by atoms with van der Waals surface area (Å²) in [5.41, 5.74) is 3.42. The maximum Gasteiger partial charge on any atom is 0.338 e. The molecule has 1 aromatic carbocycles. The number of H-pyrrole nitrogens is 1. The summed E-state index contributed by atoms with van der Waals surface area (Å²) in [6, 6.07) is 15.7. The van der Waals surface area contributed by atoms with E-state index in [1.165, 1.54) is 25.4 Å². The molecule has 0 fully saturated rings. The maximum absolute atomic E-state index is 12.3. The molecule has 156 valence electrons. The van der Waals surface area contributed by atoms with Gasteiger partial charge in [-0.05, 0) is 42.5 Å². The number of anilines is 1. The van der Waals surface area contributed by atoms with Crippen LogP contribution in [0.25, 0.3) is 11.3 Å². The molecule has 1 amide bonds. The molecule has 0 saturated heterocycles. The molecule has 4 aromatic rings. The zero-order chi connectivity index (χ0) is 22.3. The highest BCUT2D eigenvalue weighted by atomic mass is 16.5. The third kappa shape index (κ3) is 4.86. The maximum atomic E-state index is 12.3. The normalized spacial score (nSPS) is 10.0. The zero-order valence-corrected chi connectivity index (χ0v) is 17.0. The Morgan fingerprint density at radius 1 is 1.00 bits per heavy atom. The van der Waals surface area contributed by atoms with Gasteiger partial charge in [-0.2, -0.15) is 5.10 Å². The molecule has 4 rings (SSSR count). The first kappa shape index (κ1) is 20.5. The molecule has 8 heteroatoms. The van der Waals surface area contributed by atoms with E-state index >= 15 is 0 Å². The van der Waals surface area contributed by atoms with Gasteiger partial charge in [-0.15, -0.1) is 0 Å². The molecule has 0 spiro atoms. The molecule has 0 unspecified atom stereocenters. The number of ether oxygens (including phenoxy) is 1. The molecule has 0 aliphatic heterocycles. The molecule has 0 saturated carbocycles. The van der Waals surface area contributed by atoms with Crippen LogP contribution >= 0.6 is 0 Å². The molecular weight excluding hydrogens is 406 g/mol. The van der Waals surface area contributed by atoms with Crippen molar-refractivity contribution in [3.63, 3.8) is 0 Å². The van der Waals surface area contributed by atoms with Crippen LogP contribution < -0.4 is 5.32 Å². The van der Waals surface area contributed by atoms with Crippen molar-refractivity contribution in [1.82, 2.24) is 20.2 Å². The second-order valence-electron chi connectivity index (χ2n) is 6.61. The van der Waals surface area contributed by atoms with E-state index < -0.39 is 11.9 Å². The standard InChI is InChI=1S/C24H17N5O3/c1-32-24(31)19-13-21(27-22(14-19)28-23(30)20-10-12-26-29-20)18-8-6-16(7-9-18)4-5-17-3-2-11-25-15-17/h2-3,6-15H,1H3,(H,26,29)(H,27,28,30). The molecule has 0 radical (unpaired) electrons. The monoisotopic (exact) mass is 423 g/mol. The van der Waals surface area contributed by atoms with Crippen LogP contribution in [0.15, 0.2) is 73.2 Å². The number of nitrogens with zero attached hydrogens (tertiary/aromatic N) is 3. The van der Waals surface area contributed by atoms with E-state index in [2.05, 4.69) is 37.3 Å². The molecular formula is C24H17N5O3. The number of aromatic nitrogens is 4. The van der Waals surface area contributed by atoms with Crippen LogP contribution in [0.2, 0.25) is 0 Å². The van der Waals surface area contributed by atoms with E-state index in [1.54, 1.807) is 18.5 Å². The predicted octanol–water partition coefficient (Wildman–Crippen LogP) is 3.31. The van der Waals surface area contributed by atoms with E-state index in [9.17, 15) is 9.59 Å². The quantitative estimate of drug-likeness (QED) is 0.385. The summed E-state index contributed by atoms with van der Waals surface area (Å²) in [6.07, 6.45) is 4.86. The van der Waals surface area contributed by atoms with Gasteiger partial charge in [-0.1, -0.05) is 24.0 Å². The Morgan fingerprint density at radius 3 is 2.50 bits per heavy atom. The van der Waals surface area contributed by atoms with Crippen LogP contribution in [0.3, 0.4) is 0 Å². The lowest BCUT2D eigenvalue weighted by Crippen LogP contribution is -2.14. The van der Waals surface area contributed by atoms with Gasteiger partial charge in [0.05, 0.1) is 18.4 Å². The summed E-state index contributed by atoms with van der Waals surface area (Å²) in [7, 11) is 1.29. The number of esters is 1. The molecule has 8 nitrogen and oxygen atoms in total. The molecule has 3 heterocycles. The van der Waals surface area contributed by atoms with Crippen LogP contribution in [0, 0.1) is 11.8 Å². The Balaban J connectivity index is 1.62. The van der Waals surface area contributed by atoms with E-state index in [1.807, 2.05) is 36.4 Å². The molecule has 0 aliphatic rings. The van der Waals surface area contributed by atoms with Crippen molar-refractivity contribution in [3.8, 4) is 23.1 Å². The van der Waals surface area contributed by atoms with Crippen molar-refractivity contribution in [2.45, 2.75) is 0 Å². The number of aromatic amines is 1. The average molecular weight is 423 g/mol. The van der Waals surface area contributed by atoms with E-state index in [-0.39, 0.29) is 17.1 Å². The molecule has 2 N–H and O–H groups in total. The Labute approximate surface area is 183 Å². The second-order valence-corrected chi connectivity index (χ2v) is 6.61. The van der Waals surface area contributed by atoms with Crippen LogP contribution in [0.5, 0.6) is 0 Å². The Hall–Kier alpha value is -4.77. The molecule has 0 atom stereocenters. The van der Waals surface area contributed by atoms with Gasteiger partial charge in [0.1, 0.15) is 11.5 Å². The highest BCUT2D eigenvalue weighted by molar-refractivity contribution is 6.03. The summed E-state index contributed by atoms with van der Waals surface area (Å²) < 4.78 is 4.83. The number of hydrogen-bond donors (Lipinski definition) is 2. The van der Waals surface area contributed by atoms with Gasteiger partial charge < -0.3 is 10.1 Å². The van der Waals surface area contributed by atoms with Gasteiger partial charge in [0.15, 0.2) is 0 Å². The van der Waals surface area contributed by atoms with Gasteiger partial charge in [-0.25, -0.2) is 9.78 Å². The molecule has 32 heavy (non-hydrogen) atoms. The van der Waals surface area contributed by atoms with Crippen molar-refractivity contribution >= 4 is 17.7 Å². The highest BCUT2D eigenvalue weighted by Gasteiger charge is 2.14. The van der Waals surface area contributed by atoms with Gasteiger partial charge in [0.25, 0.3) is 5.91 Å². The van der Waals surface area contributed by atoms with Crippen LogP contribution in [-0.4, -0.2) is 39.2 Å². The number of rotatable bonds is 4. The SMILES string of the molecule is COC(=O)c1cc(NC(=O)c2ccn[nH]2)nc(-c2ccc(C#Cc3cccnc3)cc2)c1. The number of carbonyl (C=O) groups is 2. The summed E-state index contributed by atoms with van der Waals surface area (Å²) >= 11 is 0. The van der Waals surface area contributed by atoms with Crippen molar-refractivity contribution in [2.24, 2.45) is 0 Å². The third-order valence-electron chi connectivity index (χ3n) is 4.43. The van der Waals surface area contributed by atoms with Crippen molar-refractivity contribution in [2.75, 3.05) is 12.4 Å². The minimum absolute atomic E-state index is 0.211. The van der Waals surface area contributed by atoms with Gasteiger partial charge in [-0.3, -0.25) is 14.9 Å². The van der Waals surface area contributed by atoms with E-state index in [0.29, 0.717) is 5.69 Å². The minimum atomic E-state index is -0.537. The number of hydrogen-bond acceptors (Lipinski definition) is 6. The van der Waals surface area contributed by atoms with Gasteiger partial charge >= 0.3 is 5.97 Å². The van der Waals surface area contributed by atoms with Crippen molar-refractivity contribution in [3.05, 3.63) is 95.6 Å². The van der Waals surface area contributed by atoms with Crippen LogP contribution in [-0.2, 0) is 4.74 Å². The third-order valence-corrected chi connectivity index (χ3v) is 4.43. The average Bonchev–Trinajstić information content (AvgIpc) is 3.38. The second kappa shape index (κ2) is 9.36. The van der Waals surface area contributed by atoms with E-state index in [0.717, 1.165) is 16.7 Å². The fourth-order valence-corrected chi connectivity index (χ4v) is 2.85. The van der Waals surface area contributed by atoms with Crippen LogP contribution in [0.4, 0.5) is 5.82 Å².